The van der Waals surface area contributed by atoms with Crippen LogP contribution in [0.1, 0.15) is 11.0 Å². The van der Waals surface area contributed by atoms with Crippen LogP contribution >= 0.6 is 27.3 Å². The Balaban J connectivity index is 2.07. The molecule has 1 atom stereocenters. The van der Waals surface area contributed by atoms with Crippen LogP contribution in [0.15, 0.2) is 34.1 Å². The van der Waals surface area contributed by atoms with Crippen LogP contribution in [0.25, 0.3) is 0 Å². The fraction of sp³-hybridized carbons (Fsp3) is 0.167. The predicted octanol–water partition coefficient (Wildman–Crippen LogP) is 3.93. The Morgan fingerprint density at radius 1 is 1.33 bits per heavy atom. The molecule has 2 rings (SSSR count). The van der Waals surface area contributed by atoms with Gasteiger partial charge in [-0.1, -0.05) is 22.0 Å². The maximum absolute atomic E-state index is 13.5. The molecule has 0 bridgehead atoms. The molecule has 2 aromatic rings. The van der Waals surface area contributed by atoms with Crippen LogP contribution in [0, 0.1) is 11.6 Å². The number of anilines is 1. The van der Waals surface area contributed by atoms with E-state index in [-0.39, 0.29) is 12.2 Å². The van der Waals surface area contributed by atoms with Crippen molar-refractivity contribution < 1.29 is 13.9 Å². The molecule has 2 N–H and O–H groups in total. The van der Waals surface area contributed by atoms with Crippen molar-refractivity contribution in [3.8, 4) is 0 Å². The van der Waals surface area contributed by atoms with Crippen molar-refractivity contribution in [3.63, 3.8) is 0 Å². The normalized spacial score (nSPS) is 12.4. The number of benzene rings is 1. The Labute approximate surface area is 115 Å². The summed E-state index contributed by atoms with van der Waals surface area (Å²) in [7, 11) is 0. The van der Waals surface area contributed by atoms with Gasteiger partial charge in [0, 0.05) is 15.9 Å². The Kier molecular flexibility index (Phi) is 4.31. The Morgan fingerprint density at radius 3 is 2.56 bits per heavy atom. The van der Waals surface area contributed by atoms with Crippen LogP contribution in [0.2, 0.25) is 0 Å². The minimum atomic E-state index is -0.785. The second kappa shape index (κ2) is 5.77. The van der Waals surface area contributed by atoms with Gasteiger partial charge in [-0.15, -0.1) is 11.3 Å². The number of aliphatic hydroxyl groups is 1. The lowest BCUT2D eigenvalue weighted by atomic mass is 10.2. The molecule has 0 spiro atoms. The Morgan fingerprint density at radius 2 is 2.00 bits per heavy atom. The Bertz CT molecular complexity index is 510. The van der Waals surface area contributed by atoms with Gasteiger partial charge in [0.2, 0.25) is 0 Å². The largest absolute Gasteiger partial charge is 0.386 e. The van der Waals surface area contributed by atoms with Gasteiger partial charge in [0.25, 0.3) is 0 Å². The van der Waals surface area contributed by atoms with Crippen molar-refractivity contribution in [2.24, 2.45) is 0 Å². The van der Waals surface area contributed by atoms with Crippen LogP contribution < -0.4 is 5.32 Å². The Hall–Kier alpha value is -0.980. The van der Waals surface area contributed by atoms with E-state index in [0.717, 1.165) is 4.88 Å². The molecule has 1 aromatic carbocycles. The fourth-order valence-corrected chi connectivity index (χ4v) is 2.61. The van der Waals surface area contributed by atoms with Crippen molar-refractivity contribution in [2.75, 3.05) is 11.9 Å². The van der Waals surface area contributed by atoms with Crippen LogP contribution in [0.3, 0.4) is 0 Å². The zero-order valence-corrected chi connectivity index (χ0v) is 11.6. The summed E-state index contributed by atoms with van der Waals surface area (Å²) in [4.78, 5) is 0.750. The molecule has 0 aliphatic heterocycles. The van der Waals surface area contributed by atoms with Gasteiger partial charge < -0.3 is 10.4 Å². The number of rotatable bonds is 4. The smallest absolute Gasteiger partial charge is 0.150 e. The van der Waals surface area contributed by atoms with Gasteiger partial charge >= 0.3 is 0 Å². The summed E-state index contributed by atoms with van der Waals surface area (Å²) in [5.41, 5.74) is -0.228. The van der Waals surface area contributed by atoms with Gasteiger partial charge in [-0.05, 0) is 23.6 Å². The highest BCUT2D eigenvalue weighted by Crippen LogP contribution is 2.25. The number of aliphatic hydroxyl groups excluding tert-OH is 1. The SMILES string of the molecule is OC(CNc1c(F)cc(Br)cc1F)c1cccs1. The van der Waals surface area contributed by atoms with Gasteiger partial charge in [0.1, 0.15) is 23.4 Å². The lowest BCUT2D eigenvalue weighted by Crippen LogP contribution is -2.13. The van der Waals surface area contributed by atoms with E-state index in [1.165, 1.54) is 23.5 Å². The highest BCUT2D eigenvalue weighted by molar-refractivity contribution is 9.10. The molecule has 18 heavy (non-hydrogen) atoms. The highest BCUT2D eigenvalue weighted by Gasteiger charge is 2.13. The molecule has 1 unspecified atom stereocenters. The van der Waals surface area contributed by atoms with Gasteiger partial charge in [-0.25, -0.2) is 8.78 Å². The van der Waals surface area contributed by atoms with Crippen molar-refractivity contribution >= 4 is 33.0 Å². The molecule has 6 heteroatoms. The summed E-state index contributed by atoms with van der Waals surface area (Å²) >= 11 is 4.40. The average molecular weight is 334 g/mol. The summed E-state index contributed by atoms with van der Waals surface area (Å²) < 4.78 is 27.3. The van der Waals surface area contributed by atoms with E-state index >= 15 is 0 Å². The first-order valence-corrected chi connectivity index (χ1v) is 6.85. The van der Waals surface area contributed by atoms with Crippen molar-refractivity contribution in [1.29, 1.82) is 0 Å². The maximum Gasteiger partial charge on any atom is 0.150 e. The fourth-order valence-electron chi connectivity index (χ4n) is 1.49. The summed E-state index contributed by atoms with van der Waals surface area (Å²) in [5.74, 6) is -1.39. The van der Waals surface area contributed by atoms with E-state index in [1.807, 2.05) is 11.4 Å². The van der Waals surface area contributed by atoms with Gasteiger partial charge in [-0.2, -0.15) is 0 Å². The van der Waals surface area contributed by atoms with Crippen molar-refractivity contribution in [2.45, 2.75) is 6.10 Å². The minimum absolute atomic E-state index is 0.0516. The third-order valence-corrected chi connectivity index (χ3v) is 3.78. The molecule has 2 nitrogen and oxygen atoms in total. The standard InChI is InChI=1S/C12H10BrF2NOS/c13-7-4-8(14)12(9(15)5-7)16-6-10(17)11-2-1-3-18-11/h1-5,10,16-17H,6H2. The van der Waals surface area contributed by atoms with E-state index < -0.39 is 17.7 Å². The minimum Gasteiger partial charge on any atom is -0.386 e. The first kappa shape index (κ1) is 13.5. The molecule has 0 radical (unpaired) electrons. The summed E-state index contributed by atoms with van der Waals surface area (Å²) in [6, 6.07) is 5.92. The topological polar surface area (TPSA) is 32.3 Å². The summed E-state index contributed by atoms with van der Waals surface area (Å²) in [6.07, 6.45) is -0.785. The maximum atomic E-state index is 13.5. The first-order chi connectivity index (χ1) is 8.58. The molecule has 1 heterocycles. The van der Waals surface area contributed by atoms with Gasteiger partial charge in [-0.3, -0.25) is 0 Å². The molecule has 0 aliphatic carbocycles. The summed E-state index contributed by atoms with van der Waals surface area (Å²) in [6.45, 7) is 0.0516. The zero-order chi connectivity index (χ0) is 13.1. The number of nitrogens with one attached hydrogen (secondary N) is 1. The molecule has 0 aliphatic rings. The van der Waals surface area contributed by atoms with E-state index in [2.05, 4.69) is 21.2 Å². The van der Waals surface area contributed by atoms with Crippen LogP contribution in [-0.2, 0) is 0 Å². The molecule has 96 valence electrons. The molecule has 0 saturated carbocycles. The quantitative estimate of drug-likeness (QED) is 0.888. The van der Waals surface area contributed by atoms with E-state index in [1.54, 1.807) is 6.07 Å². The zero-order valence-electron chi connectivity index (χ0n) is 9.16. The van der Waals surface area contributed by atoms with Crippen molar-refractivity contribution in [1.82, 2.24) is 0 Å². The lowest BCUT2D eigenvalue weighted by molar-refractivity contribution is 0.195. The number of halogens is 3. The molecule has 0 amide bonds. The average Bonchev–Trinajstić information content (AvgIpc) is 2.80. The van der Waals surface area contributed by atoms with E-state index in [4.69, 9.17) is 0 Å². The summed E-state index contributed by atoms with van der Waals surface area (Å²) in [5, 5.41) is 14.2. The van der Waals surface area contributed by atoms with Crippen LogP contribution in [0.4, 0.5) is 14.5 Å². The second-order valence-corrected chi connectivity index (χ2v) is 5.55. The van der Waals surface area contributed by atoms with Crippen LogP contribution in [0.5, 0.6) is 0 Å². The van der Waals surface area contributed by atoms with E-state index in [0.29, 0.717) is 4.47 Å². The van der Waals surface area contributed by atoms with Crippen molar-refractivity contribution in [3.05, 3.63) is 50.6 Å². The third kappa shape index (κ3) is 3.07. The molecular formula is C12H10BrF2NOS. The van der Waals surface area contributed by atoms with E-state index in [9.17, 15) is 13.9 Å². The molecule has 0 saturated heterocycles. The predicted molar refractivity (Wildman–Crippen MR) is 71.8 cm³/mol. The molecule has 1 aromatic heterocycles. The van der Waals surface area contributed by atoms with Gasteiger partial charge in [0.15, 0.2) is 0 Å². The number of hydrogen-bond donors (Lipinski definition) is 2. The highest BCUT2D eigenvalue weighted by atomic mass is 79.9. The van der Waals surface area contributed by atoms with Crippen LogP contribution in [-0.4, -0.2) is 11.7 Å². The third-order valence-electron chi connectivity index (χ3n) is 2.35. The number of hydrogen-bond acceptors (Lipinski definition) is 3. The molecule has 0 fully saturated rings. The molecular weight excluding hydrogens is 324 g/mol. The second-order valence-electron chi connectivity index (χ2n) is 3.66. The van der Waals surface area contributed by atoms with Gasteiger partial charge in [0.05, 0.1) is 0 Å². The monoisotopic (exact) mass is 333 g/mol. The lowest BCUT2D eigenvalue weighted by Gasteiger charge is -2.12. The first-order valence-electron chi connectivity index (χ1n) is 5.18. The number of thiophene rings is 1.